The Labute approximate surface area is 160 Å². The molecular formula is C21H17N3O2S. The van der Waals surface area contributed by atoms with E-state index < -0.39 is 5.97 Å². The van der Waals surface area contributed by atoms with Crippen molar-refractivity contribution in [3.63, 3.8) is 0 Å². The summed E-state index contributed by atoms with van der Waals surface area (Å²) in [5, 5.41) is 4.21. The van der Waals surface area contributed by atoms with E-state index in [1.165, 1.54) is 7.11 Å². The molecule has 0 spiro atoms. The number of carbonyl (C=O) groups excluding carboxylic acids is 1. The van der Waals surface area contributed by atoms with Crippen LogP contribution in [0.25, 0.3) is 20.7 Å². The van der Waals surface area contributed by atoms with Gasteiger partial charge in [0, 0.05) is 4.88 Å². The first-order valence-corrected chi connectivity index (χ1v) is 9.25. The van der Waals surface area contributed by atoms with Gasteiger partial charge in [-0.1, -0.05) is 42.5 Å². The molecule has 134 valence electrons. The van der Waals surface area contributed by atoms with Gasteiger partial charge >= 0.3 is 5.97 Å². The molecule has 4 aromatic rings. The molecular weight excluding hydrogens is 358 g/mol. The van der Waals surface area contributed by atoms with E-state index in [4.69, 9.17) is 4.74 Å². The number of fused-ring (bicyclic) bond motifs is 1. The van der Waals surface area contributed by atoms with Crippen LogP contribution >= 0.6 is 11.3 Å². The summed E-state index contributed by atoms with van der Waals surface area (Å²) in [7, 11) is 1.37. The molecule has 0 saturated heterocycles. The van der Waals surface area contributed by atoms with Crippen LogP contribution in [0, 0.1) is 6.92 Å². The maximum Gasteiger partial charge on any atom is 0.339 e. The first-order valence-electron chi connectivity index (χ1n) is 8.43. The van der Waals surface area contributed by atoms with E-state index in [1.54, 1.807) is 23.5 Å². The van der Waals surface area contributed by atoms with Crippen molar-refractivity contribution >= 4 is 39.0 Å². The van der Waals surface area contributed by atoms with Gasteiger partial charge in [0.15, 0.2) is 0 Å². The second-order valence-electron chi connectivity index (χ2n) is 5.98. The van der Waals surface area contributed by atoms with Gasteiger partial charge in [0.2, 0.25) is 0 Å². The number of esters is 1. The van der Waals surface area contributed by atoms with Crippen molar-refractivity contribution in [2.24, 2.45) is 0 Å². The van der Waals surface area contributed by atoms with Gasteiger partial charge in [-0.25, -0.2) is 14.8 Å². The smallest absolute Gasteiger partial charge is 0.339 e. The minimum absolute atomic E-state index is 0.393. The molecule has 6 heteroatoms. The number of thiophene rings is 1. The lowest BCUT2D eigenvalue weighted by atomic mass is 10.1. The van der Waals surface area contributed by atoms with Crippen LogP contribution in [0.15, 0.2) is 60.7 Å². The van der Waals surface area contributed by atoms with E-state index in [2.05, 4.69) is 33.5 Å². The normalized spacial score (nSPS) is 10.7. The van der Waals surface area contributed by atoms with E-state index in [0.717, 1.165) is 20.7 Å². The molecule has 0 atom stereocenters. The number of nitrogens with zero attached hydrogens (tertiary/aromatic N) is 2. The highest BCUT2D eigenvalue weighted by Crippen LogP contribution is 2.36. The largest absolute Gasteiger partial charge is 0.465 e. The van der Waals surface area contributed by atoms with Gasteiger partial charge < -0.3 is 10.1 Å². The Kier molecular flexibility index (Phi) is 4.56. The number of rotatable bonds is 4. The van der Waals surface area contributed by atoms with Gasteiger partial charge in [-0.2, -0.15) is 0 Å². The fraction of sp³-hybridized carbons (Fsp3) is 0.0952. The lowest BCUT2D eigenvalue weighted by Crippen LogP contribution is -2.06. The number of aromatic nitrogens is 2. The summed E-state index contributed by atoms with van der Waals surface area (Å²) >= 11 is 1.62. The third kappa shape index (κ3) is 3.39. The number of anilines is 2. The number of aryl methyl sites for hydroxylation is 1. The fourth-order valence-electron chi connectivity index (χ4n) is 2.88. The van der Waals surface area contributed by atoms with Crippen molar-refractivity contribution in [3.05, 3.63) is 72.1 Å². The summed E-state index contributed by atoms with van der Waals surface area (Å²) in [6.07, 6.45) is 0. The van der Waals surface area contributed by atoms with Crippen molar-refractivity contribution in [3.8, 4) is 10.4 Å². The molecule has 27 heavy (non-hydrogen) atoms. The number of hydrogen-bond acceptors (Lipinski definition) is 6. The van der Waals surface area contributed by atoms with Crippen LogP contribution in [-0.4, -0.2) is 23.0 Å². The molecule has 0 aliphatic rings. The van der Waals surface area contributed by atoms with Crippen molar-refractivity contribution in [2.45, 2.75) is 6.92 Å². The van der Waals surface area contributed by atoms with Crippen LogP contribution in [-0.2, 0) is 4.74 Å². The summed E-state index contributed by atoms with van der Waals surface area (Å²) in [5.74, 6) is 0.949. The molecule has 2 aromatic carbocycles. The van der Waals surface area contributed by atoms with Crippen molar-refractivity contribution in [1.82, 2.24) is 9.97 Å². The third-order valence-corrected chi connectivity index (χ3v) is 5.23. The van der Waals surface area contributed by atoms with Gasteiger partial charge in [0.25, 0.3) is 0 Å². The number of benzene rings is 2. The highest BCUT2D eigenvalue weighted by Gasteiger charge is 2.15. The standard InChI is InChI=1S/C21H17N3O2S/c1-13-22-19(24-17-11-7-6-10-15(17)21(25)26-2)16-12-18(27-20(16)23-13)14-8-4-3-5-9-14/h3-12H,1-2H3,(H,22,23,24). The summed E-state index contributed by atoms with van der Waals surface area (Å²) < 4.78 is 4.88. The first kappa shape index (κ1) is 17.2. The molecule has 0 bridgehead atoms. The van der Waals surface area contributed by atoms with E-state index in [0.29, 0.717) is 22.9 Å². The maximum atomic E-state index is 12.1. The lowest BCUT2D eigenvalue weighted by Gasteiger charge is -2.11. The highest BCUT2D eigenvalue weighted by atomic mass is 32.1. The van der Waals surface area contributed by atoms with Crippen LogP contribution in [0.2, 0.25) is 0 Å². The summed E-state index contributed by atoms with van der Waals surface area (Å²) in [6.45, 7) is 1.86. The molecule has 0 aliphatic carbocycles. The molecule has 0 amide bonds. The van der Waals surface area contributed by atoms with E-state index in [9.17, 15) is 4.79 Å². The quantitative estimate of drug-likeness (QED) is 0.497. The maximum absolute atomic E-state index is 12.1. The lowest BCUT2D eigenvalue weighted by molar-refractivity contribution is 0.0602. The van der Waals surface area contributed by atoms with E-state index in [1.807, 2.05) is 37.3 Å². The van der Waals surface area contributed by atoms with Crippen LogP contribution in [0.5, 0.6) is 0 Å². The van der Waals surface area contributed by atoms with Crippen LogP contribution in [0.4, 0.5) is 11.5 Å². The SMILES string of the molecule is COC(=O)c1ccccc1Nc1nc(C)nc2sc(-c3ccccc3)cc12. The Hall–Kier alpha value is -3.25. The number of ether oxygens (including phenoxy) is 1. The molecule has 2 heterocycles. The summed E-state index contributed by atoms with van der Waals surface area (Å²) in [4.78, 5) is 23.2. The highest BCUT2D eigenvalue weighted by molar-refractivity contribution is 7.21. The topological polar surface area (TPSA) is 64.1 Å². The second-order valence-corrected chi connectivity index (χ2v) is 7.01. The summed E-state index contributed by atoms with van der Waals surface area (Å²) in [5.41, 5.74) is 2.25. The van der Waals surface area contributed by atoms with Crippen molar-refractivity contribution in [1.29, 1.82) is 0 Å². The Morgan fingerprint density at radius 1 is 1.04 bits per heavy atom. The van der Waals surface area contributed by atoms with Crippen LogP contribution < -0.4 is 5.32 Å². The van der Waals surface area contributed by atoms with Gasteiger partial charge in [-0.05, 0) is 30.7 Å². The minimum Gasteiger partial charge on any atom is -0.465 e. The monoisotopic (exact) mass is 375 g/mol. The van der Waals surface area contributed by atoms with E-state index in [-0.39, 0.29) is 0 Å². The van der Waals surface area contributed by atoms with Gasteiger partial charge in [0.05, 0.1) is 23.7 Å². The molecule has 0 aliphatic heterocycles. The predicted octanol–water partition coefficient (Wildman–Crippen LogP) is 5.20. The van der Waals surface area contributed by atoms with Crippen molar-refractivity contribution < 1.29 is 9.53 Å². The first-order chi connectivity index (χ1) is 13.2. The molecule has 4 rings (SSSR count). The molecule has 0 radical (unpaired) electrons. The molecule has 0 saturated carbocycles. The molecule has 1 N–H and O–H groups in total. The third-order valence-electron chi connectivity index (χ3n) is 4.15. The van der Waals surface area contributed by atoms with Gasteiger partial charge in [0.1, 0.15) is 16.5 Å². The second kappa shape index (κ2) is 7.17. The zero-order chi connectivity index (χ0) is 18.8. The van der Waals surface area contributed by atoms with Crippen LogP contribution in [0.1, 0.15) is 16.2 Å². The zero-order valence-corrected chi connectivity index (χ0v) is 15.7. The number of hydrogen-bond donors (Lipinski definition) is 1. The van der Waals surface area contributed by atoms with Crippen LogP contribution in [0.3, 0.4) is 0 Å². The molecule has 2 aromatic heterocycles. The Morgan fingerprint density at radius 2 is 1.78 bits per heavy atom. The number of methoxy groups -OCH3 is 1. The minimum atomic E-state index is -0.393. The Bertz CT molecular complexity index is 1120. The molecule has 0 unspecified atom stereocenters. The Morgan fingerprint density at radius 3 is 2.56 bits per heavy atom. The number of nitrogens with one attached hydrogen (secondary N) is 1. The average molecular weight is 375 g/mol. The fourth-order valence-corrected chi connectivity index (χ4v) is 3.96. The number of carbonyl (C=O) groups is 1. The van der Waals surface area contributed by atoms with E-state index >= 15 is 0 Å². The molecule has 0 fully saturated rings. The number of para-hydroxylation sites is 1. The Balaban J connectivity index is 1.81. The predicted molar refractivity (Wildman–Crippen MR) is 109 cm³/mol. The van der Waals surface area contributed by atoms with Gasteiger partial charge in [-0.3, -0.25) is 0 Å². The van der Waals surface area contributed by atoms with Crippen molar-refractivity contribution in [2.75, 3.05) is 12.4 Å². The average Bonchev–Trinajstić information content (AvgIpc) is 3.12. The molecule has 5 nitrogen and oxygen atoms in total. The summed E-state index contributed by atoms with van der Waals surface area (Å²) in [6, 6.07) is 19.5. The zero-order valence-electron chi connectivity index (χ0n) is 14.9. The van der Waals surface area contributed by atoms with Gasteiger partial charge in [-0.15, -0.1) is 11.3 Å².